The normalized spacial score (nSPS) is 10.2. The Balaban J connectivity index is 1.96. The van der Waals surface area contributed by atoms with Gasteiger partial charge in [-0.2, -0.15) is 4.39 Å². The van der Waals surface area contributed by atoms with Crippen molar-refractivity contribution in [3.8, 4) is 5.75 Å². The minimum atomic E-state index is -1.17. The second-order valence-corrected chi connectivity index (χ2v) is 4.13. The lowest BCUT2D eigenvalue weighted by molar-refractivity contribution is -0.118. The predicted molar refractivity (Wildman–Crippen MR) is 71.3 cm³/mol. The van der Waals surface area contributed by atoms with E-state index in [1.54, 1.807) is 0 Å². The Bertz CT molecular complexity index is 677. The van der Waals surface area contributed by atoms with E-state index in [0.29, 0.717) is 0 Å². The lowest BCUT2D eigenvalue weighted by Gasteiger charge is -2.09. The molecule has 2 aromatic carbocycles. The number of nitrogens with two attached hydrogens (primary N) is 1. The molecule has 0 spiro atoms. The molecule has 0 aromatic heterocycles. The Labute approximate surface area is 118 Å². The SMILES string of the molecule is Nc1cc(NC(=O)COc2cccc(F)c2F)ccc1F. The molecule has 0 saturated heterocycles. The highest BCUT2D eigenvalue weighted by Gasteiger charge is 2.11. The van der Waals surface area contributed by atoms with Crippen molar-refractivity contribution < 1.29 is 22.7 Å². The molecule has 7 heteroatoms. The topological polar surface area (TPSA) is 64.3 Å². The van der Waals surface area contributed by atoms with E-state index >= 15 is 0 Å². The van der Waals surface area contributed by atoms with Gasteiger partial charge < -0.3 is 15.8 Å². The average molecular weight is 296 g/mol. The second-order valence-electron chi connectivity index (χ2n) is 4.13. The fourth-order valence-electron chi connectivity index (χ4n) is 1.56. The van der Waals surface area contributed by atoms with E-state index in [9.17, 15) is 18.0 Å². The molecule has 3 N–H and O–H groups in total. The third kappa shape index (κ3) is 3.65. The van der Waals surface area contributed by atoms with Crippen molar-refractivity contribution in [2.45, 2.75) is 0 Å². The largest absolute Gasteiger partial charge is 0.481 e. The van der Waals surface area contributed by atoms with Crippen molar-refractivity contribution in [1.29, 1.82) is 0 Å². The lowest BCUT2D eigenvalue weighted by atomic mass is 10.2. The number of hydrogen-bond donors (Lipinski definition) is 2. The monoisotopic (exact) mass is 296 g/mol. The highest BCUT2D eigenvalue weighted by molar-refractivity contribution is 5.92. The van der Waals surface area contributed by atoms with Crippen molar-refractivity contribution in [2.24, 2.45) is 0 Å². The standard InChI is InChI=1S/C14H11F3N2O2/c15-9-5-4-8(6-11(9)18)19-13(20)7-21-12-3-1-2-10(16)14(12)17/h1-6H,7,18H2,(H,19,20). The molecular formula is C14H11F3N2O2. The van der Waals surface area contributed by atoms with Gasteiger partial charge >= 0.3 is 0 Å². The van der Waals surface area contributed by atoms with E-state index < -0.39 is 30.0 Å². The average Bonchev–Trinajstić information content (AvgIpc) is 2.44. The molecule has 0 atom stereocenters. The van der Waals surface area contributed by atoms with E-state index in [-0.39, 0.29) is 17.1 Å². The van der Waals surface area contributed by atoms with Crippen LogP contribution in [0.2, 0.25) is 0 Å². The molecule has 0 fully saturated rings. The van der Waals surface area contributed by atoms with Gasteiger partial charge in [0, 0.05) is 5.69 Å². The molecule has 4 nitrogen and oxygen atoms in total. The van der Waals surface area contributed by atoms with Crippen LogP contribution in [0.1, 0.15) is 0 Å². The molecule has 1 amide bonds. The quantitative estimate of drug-likeness (QED) is 0.853. The van der Waals surface area contributed by atoms with Crippen molar-refractivity contribution in [3.63, 3.8) is 0 Å². The Kier molecular flexibility index (Phi) is 4.32. The van der Waals surface area contributed by atoms with E-state index in [1.807, 2.05) is 0 Å². The molecule has 0 radical (unpaired) electrons. The van der Waals surface area contributed by atoms with Crippen LogP contribution in [0.3, 0.4) is 0 Å². The summed E-state index contributed by atoms with van der Waals surface area (Å²) in [6, 6.07) is 7.03. The Morgan fingerprint density at radius 3 is 2.62 bits per heavy atom. The number of benzene rings is 2. The summed E-state index contributed by atoms with van der Waals surface area (Å²) in [7, 11) is 0. The number of carbonyl (C=O) groups excluding carboxylic acids is 1. The smallest absolute Gasteiger partial charge is 0.262 e. The number of ether oxygens (including phenoxy) is 1. The molecule has 2 aromatic rings. The summed E-state index contributed by atoms with van der Waals surface area (Å²) in [5, 5.41) is 2.39. The summed E-state index contributed by atoms with van der Waals surface area (Å²) >= 11 is 0. The number of hydrogen-bond acceptors (Lipinski definition) is 3. The third-order valence-electron chi connectivity index (χ3n) is 2.55. The van der Waals surface area contributed by atoms with Gasteiger partial charge in [-0.05, 0) is 30.3 Å². The molecule has 21 heavy (non-hydrogen) atoms. The first-order chi connectivity index (χ1) is 9.97. The summed E-state index contributed by atoms with van der Waals surface area (Å²) in [6.45, 7) is -0.530. The zero-order valence-corrected chi connectivity index (χ0v) is 10.7. The van der Waals surface area contributed by atoms with E-state index in [1.165, 1.54) is 24.3 Å². The number of anilines is 2. The number of rotatable bonds is 4. The maximum Gasteiger partial charge on any atom is 0.262 e. The van der Waals surface area contributed by atoms with Gasteiger partial charge in [-0.1, -0.05) is 6.07 Å². The molecule has 0 unspecified atom stereocenters. The fourth-order valence-corrected chi connectivity index (χ4v) is 1.56. The number of amides is 1. The van der Waals surface area contributed by atoms with E-state index in [4.69, 9.17) is 10.5 Å². The number of nitrogens with one attached hydrogen (secondary N) is 1. The summed E-state index contributed by atoms with van der Waals surface area (Å²) in [6.07, 6.45) is 0. The molecule has 110 valence electrons. The van der Waals surface area contributed by atoms with Crippen molar-refractivity contribution in [1.82, 2.24) is 0 Å². The highest BCUT2D eigenvalue weighted by atomic mass is 19.2. The van der Waals surface area contributed by atoms with Gasteiger partial charge in [-0.3, -0.25) is 4.79 Å². The summed E-state index contributed by atoms with van der Waals surface area (Å²) in [5.41, 5.74) is 5.49. The molecule has 0 aliphatic heterocycles. The van der Waals surface area contributed by atoms with Crippen molar-refractivity contribution >= 4 is 17.3 Å². The van der Waals surface area contributed by atoms with Gasteiger partial charge in [0.2, 0.25) is 5.82 Å². The first kappa shape index (κ1) is 14.7. The number of halogens is 3. The molecule has 0 heterocycles. The Morgan fingerprint density at radius 2 is 1.90 bits per heavy atom. The first-order valence-electron chi connectivity index (χ1n) is 5.89. The molecule has 2 rings (SSSR count). The lowest BCUT2D eigenvalue weighted by Crippen LogP contribution is -2.20. The van der Waals surface area contributed by atoms with Crippen LogP contribution < -0.4 is 15.8 Å². The number of carbonyl (C=O) groups is 1. The molecule has 0 bridgehead atoms. The third-order valence-corrected chi connectivity index (χ3v) is 2.55. The first-order valence-corrected chi connectivity index (χ1v) is 5.89. The molecule has 0 aliphatic rings. The van der Waals surface area contributed by atoms with Crippen LogP contribution in [0.5, 0.6) is 5.75 Å². The molecular weight excluding hydrogens is 285 g/mol. The maximum atomic E-state index is 13.3. The van der Waals surface area contributed by atoms with Crippen LogP contribution in [-0.4, -0.2) is 12.5 Å². The van der Waals surface area contributed by atoms with E-state index in [0.717, 1.165) is 12.1 Å². The minimum absolute atomic E-state index is 0.120. The van der Waals surface area contributed by atoms with Gasteiger partial charge in [0.1, 0.15) is 5.82 Å². The van der Waals surface area contributed by atoms with Crippen molar-refractivity contribution in [2.75, 3.05) is 17.7 Å². The van der Waals surface area contributed by atoms with Crippen LogP contribution in [0, 0.1) is 17.5 Å². The number of nitrogen functional groups attached to an aromatic ring is 1. The maximum absolute atomic E-state index is 13.3. The van der Waals surface area contributed by atoms with Gasteiger partial charge in [0.25, 0.3) is 5.91 Å². The zero-order valence-electron chi connectivity index (χ0n) is 10.7. The summed E-state index contributed by atoms with van der Waals surface area (Å²) in [4.78, 5) is 11.6. The van der Waals surface area contributed by atoms with Crippen LogP contribution >= 0.6 is 0 Å². The Morgan fingerprint density at radius 1 is 1.14 bits per heavy atom. The summed E-state index contributed by atoms with van der Waals surface area (Å²) in [5.74, 6) is -3.84. The van der Waals surface area contributed by atoms with Crippen LogP contribution in [0.25, 0.3) is 0 Å². The van der Waals surface area contributed by atoms with Gasteiger partial charge in [-0.25, -0.2) is 8.78 Å². The van der Waals surface area contributed by atoms with Gasteiger partial charge in [0.15, 0.2) is 18.2 Å². The fraction of sp³-hybridized carbons (Fsp3) is 0.0714. The second kappa shape index (κ2) is 6.17. The highest BCUT2D eigenvalue weighted by Crippen LogP contribution is 2.19. The van der Waals surface area contributed by atoms with Gasteiger partial charge in [-0.15, -0.1) is 0 Å². The predicted octanol–water partition coefficient (Wildman–Crippen LogP) is 2.70. The zero-order chi connectivity index (χ0) is 15.4. The minimum Gasteiger partial charge on any atom is -0.481 e. The molecule has 0 saturated carbocycles. The van der Waals surface area contributed by atoms with Crippen LogP contribution in [-0.2, 0) is 4.79 Å². The molecule has 0 aliphatic carbocycles. The van der Waals surface area contributed by atoms with Crippen LogP contribution in [0.15, 0.2) is 36.4 Å². The Hall–Kier alpha value is -2.70. The van der Waals surface area contributed by atoms with Crippen molar-refractivity contribution in [3.05, 3.63) is 53.8 Å². The van der Waals surface area contributed by atoms with Gasteiger partial charge in [0.05, 0.1) is 5.69 Å². The van der Waals surface area contributed by atoms with E-state index in [2.05, 4.69) is 5.32 Å². The van der Waals surface area contributed by atoms with Crippen LogP contribution in [0.4, 0.5) is 24.5 Å². The summed E-state index contributed by atoms with van der Waals surface area (Å²) < 4.78 is 44.0.